The molecular weight excluding hydrogens is 548 g/mol. The number of piperidine rings is 2. The standard InChI is InChI=1S/C36H42N6O2/c1-36(2,3)44-35(43)42-18-8-6-10-32(42)33-37-22-30(40-33)27-14-13-23-19-24(11-12-25(23)20-27)26-15-16-28-29(21-26)39-34(38-28)31-9-5-7-17-41(31)4/h11-16,19-22,31-32H,5-10,17-18H2,1-4H3,(H,37,40)(H,38,39)/t31-,32-/m0/s1. The third kappa shape index (κ3) is 5.71. The quantitative estimate of drug-likeness (QED) is 0.219. The Morgan fingerprint density at radius 2 is 1.50 bits per heavy atom. The molecule has 0 bridgehead atoms. The Kier molecular flexibility index (Phi) is 7.41. The zero-order valence-electron chi connectivity index (χ0n) is 26.2. The first-order valence-corrected chi connectivity index (χ1v) is 16.0. The third-order valence-corrected chi connectivity index (χ3v) is 9.11. The van der Waals surface area contributed by atoms with Crippen molar-refractivity contribution in [1.82, 2.24) is 29.7 Å². The summed E-state index contributed by atoms with van der Waals surface area (Å²) in [6, 6.07) is 19.9. The molecule has 1 amide bonds. The van der Waals surface area contributed by atoms with Crippen LogP contribution in [0.25, 0.3) is 44.2 Å². The number of benzene rings is 3. The highest BCUT2D eigenvalue weighted by Crippen LogP contribution is 2.34. The molecule has 228 valence electrons. The molecule has 8 nitrogen and oxygen atoms in total. The molecule has 2 aromatic heterocycles. The van der Waals surface area contributed by atoms with Crippen LogP contribution < -0.4 is 0 Å². The SMILES string of the molecule is CN1CCCC[C@H]1c1nc2ccc(-c3ccc4cc(-c5cnc([C@@H]6CCCCN6C(=O)OC(C)(C)C)[nH]5)ccc4c3)cc2[nH]1. The van der Waals surface area contributed by atoms with E-state index in [2.05, 4.69) is 76.5 Å². The number of hydrogen-bond acceptors (Lipinski definition) is 5. The third-order valence-electron chi connectivity index (χ3n) is 9.11. The summed E-state index contributed by atoms with van der Waals surface area (Å²) >= 11 is 0. The lowest BCUT2D eigenvalue weighted by molar-refractivity contribution is 0.00854. The lowest BCUT2D eigenvalue weighted by Gasteiger charge is -2.35. The van der Waals surface area contributed by atoms with Crippen molar-refractivity contribution in [3.63, 3.8) is 0 Å². The number of ether oxygens (including phenoxy) is 1. The topological polar surface area (TPSA) is 90.1 Å². The van der Waals surface area contributed by atoms with E-state index in [-0.39, 0.29) is 12.1 Å². The van der Waals surface area contributed by atoms with Gasteiger partial charge in [-0.2, -0.15) is 0 Å². The number of aromatic amines is 2. The van der Waals surface area contributed by atoms with Gasteiger partial charge >= 0.3 is 6.09 Å². The number of nitrogens with zero attached hydrogens (tertiary/aromatic N) is 4. The van der Waals surface area contributed by atoms with Crippen LogP contribution in [-0.4, -0.2) is 61.6 Å². The maximum atomic E-state index is 12.9. The van der Waals surface area contributed by atoms with Crippen LogP contribution >= 0.6 is 0 Å². The molecule has 2 atom stereocenters. The fraction of sp³-hybridized carbons (Fsp3) is 0.417. The summed E-state index contributed by atoms with van der Waals surface area (Å²) in [5, 5.41) is 2.35. The van der Waals surface area contributed by atoms with Gasteiger partial charge in [-0.05, 0) is 113 Å². The van der Waals surface area contributed by atoms with Crippen LogP contribution in [0.3, 0.4) is 0 Å². The van der Waals surface area contributed by atoms with E-state index in [1.54, 1.807) is 0 Å². The molecule has 44 heavy (non-hydrogen) atoms. The van der Waals surface area contributed by atoms with Gasteiger partial charge in [-0.15, -0.1) is 0 Å². The van der Waals surface area contributed by atoms with Gasteiger partial charge in [-0.3, -0.25) is 9.80 Å². The van der Waals surface area contributed by atoms with Gasteiger partial charge in [0, 0.05) is 12.1 Å². The van der Waals surface area contributed by atoms with Crippen LogP contribution in [0.2, 0.25) is 0 Å². The van der Waals surface area contributed by atoms with Crippen LogP contribution in [0.1, 0.15) is 83.0 Å². The fourth-order valence-electron chi connectivity index (χ4n) is 6.79. The van der Waals surface area contributed by atoms with E-state index < -0.39 is 5.60 Å². The van der Waals surface area contributed by atoms with Crippen molar-refractivity contribution in [2.24, 2.45) is 0 Å². The van der Waals surface area contributed by atoms with Crippen molar-refractivity contribution in [3.05, 3.63) is 72.4 Å². The van der Waals surface area contributed by atoms with Gasteiger partial charge in [0.15, 0.2) is 0 Å². The van der Waals surface area contributed by atoms with E-state index in [1.165, 1.54) is 34.7 Å². The average molecular weight is 591 g/mol. The second kappa shape index (κ2) is 11.4. The maximum absolute atomic E-state index is 12.9. The fourth-order valence-corrected chi connectivity index (χ4v) is 6.79. The van der Waals surface area contributed by atoms with E-state index in [4.69, 9.17) is 14.7 Å². The monoisotopic (exact) mass is 590 g/mol. The van der Waals surface area contributed by atoms with Crippen molar-refractivity contribution in [2.45, 2.75) is 77.0 Å². The van der Waals surface area contributed by atoms with Gasteiger partial charge in [0.25, 0.3) is 0 Å². The first-order chi connectivity index (χ1) is 21.2. The van der Waals surface area contributed by atoms with E-state index in [9.17, 15) is 4.79 Å². The summed E-state index contributed by atoms with van der Waals surface area (Å²) < 4.78 is 5.70. The molecule has 7 rings (SSSR count). The summed E-state index contributed by atoms with van der Waals surface area (Å²) in [6.45, 7) is 7.52. The number of carbonyl (C=O) groups is 1. The molecule has 0 saturated carbocycles. The van der Waals surface area contributed by atoms with Crippen LogP contribution in [0, 0.1) is 0 Å². The summed E-state index contributed by atoms with van der Waals surface area (Å²) in [5.41, 5.74) is 5.96. The molecule has 8 heteroatoms. The molecule has 4 heterocycles. The van der Waals surface area contributed by atoms with E-state index in [0.29, 0.717) is 12.6 Å². The van der Waals surface area contributed by atoms with E-state index in [1.807, 2.05) is 31.9 Å². The minimum Gasteiger partial charge on any atom is -0.444 e. The highest BCUT2D eigenvalue weighted by molar-refractivity contribution is 5.91. The number of imidazole rings is 2. The zero-order valence-corrected chi connectivity index (χ0v) is 26.2. The summed E-state index contributed by atoms with van der Waals surface area (Å²) in [5.74, 6) is 1.89. The second-order valence-corrected chi connectivity index (χ2v) is 13.5. The summed E-state index contributed by atoms with van der Waals surface area (Å²) in [7, 11) is 2.20. The molecule has 0 spiro atoms. The Hall–Kier alpha value is -4.17. The molecular formula is C36H42N6O2. The van der Waals surface area contributed by atoms with Crippen molar-refractivity contribution < 1.29 is 9.53 Å². The molecule has 0 unspecified atom stereocenters. The Bertz CT molecular complexity index is 1810. The second-order valence-electron chi connectivity index (χ2n) is 13.5. The van der Waals surface area contributed by atoms with Crippen molar-refractivity contribution in [1.29, 1.82) is 0 Å². The van der Waals surface area contributed by atoms with E-state index >= 15 is 0 Å². The molecule has 2 aliphatic heterocycles. The van der Waals surface area contributed by atoms with Gasteiger partial charge in [-0.25, -0.2) is 14.8 Å². The molecule has 2 fully saturated rings. The van der Waals surface area contributed by atoms with Crippen molar-refractivity contribution in [2.75, 3.05) is 20.1 Å². The van der Waals surface area contributed by atoms with Crippen LogP contribution in [0.15, 0.2) is 60.8 Å². The van der Waals surface area contributed by atoms with Crippen LogP contribution in [-0.2, 0) is 4.74 Å². The number of amides is 1. The normalized spacial score (nSPS) is 20.0. The molecule has 2 N–H and O–H groups in total. The molecule has 0 aliphatic carbocycles. The predicted octanol–water partition coefficient (Wildman–Crippen LogP) is 8.39. The molecule has 5 aromatic rings. The number of nitrogens with one attached hydrogen (secondary N) is 2. The minimum atomic E-state index is -0.528. The van der Waals surface area contributed by atoms with Crippen molar-refractivity contribution in [3.8, 4) is 22.4 Å². The number of carbonyl (C=O) groups excluding carboxylic acids is 1. The number of H-pyrrole nitrogens is 2. The van der Waals surface area contributed by atoms with E-state index in [0.717, 1.165) is 66.2 Å². The zero-order chi connectivity index (χ0) is 30.4. The predicted molar refractivity (Wildman–Crippen MR) is 175 cm³/mol. The highest BCUT2D eigenvalue weighted by atomic mass is 16.6. The maximum Gasteiger partial charge on any atom is 0.410 e. The summed E-state index contributed by atoms with van der Waals surface area (Å²) in [4.78, 5) is 34.0. The Balaban J connectivity index is 1.11. The Morgan fingerprint density at radius 1 is 0.818 bits per heavy atom. The van der Waals surface area contributed by atoms with Gasteiger partial charge in [0.2, 0.25) is 0 Å². The van der Waals surface area contributed by atoms with Crippen LogP contribution in [0.5, 0.6) is 0 Å². The van der Waals surface area contributed by atoms with Crippen LogP contribution in [0.4, 0.5) is 4.79 Å². The lowest BCUT2D eigenvalue weighted by atomic mass is 9.99. The van der Waals surface area contributed by atoms with Gasteiger partial charge < -0.3 is 14.7 Å². The smallest absolute Gasteiger partial charge is 0.410 e. The van der Waals surface area contributed by atoms with Gasteiger partial charge in [0.05, 0.1) is 35.0 Å². The number of rotatable bonds is 4. The van der Waals surface area contributed by atoms with Gasteiger partial charge in [-0.1, -0.05) is 36.8 Å². The van der Waals surface area contributed by atoms with Gasteiger partial charge in [0.1, 0.15) is 17.2 Å². The molecule has 3 aromatic carbocycles. The average Bonchev–Trinajstić information content (AvgIpc) is 3.67. The lowest BCUT2D eigenvalue weighted by Crippen LogP contribution is -2.42. The number of hydrogen-bond donors (Lipinski definition) is 2. The number of fused-ring (bicyclic) bond motifs is 2. The highest BCUT2D eigenvalue weighted by Gasteiger charge is 2.33. The first-order valence-electron chi connectivity index (χ1n) is 16.0. The first kappa shape index (κ1) is 28.6. The van der Waals surface area contributed by atoms with Crippen molar-refractivity contribution >= 4 is 27.9 Å². The number of aromatic nitrogens is 4. The largest absolute Gasteiger partial charge is 0.444 e. The molecule has 2 saturated heterocycles. The number of likely N-dealkylation sites (tertiary alicyclic amines) is 2. The molecule has 0 radical (unpaired) electrons. The Labute approximate surface area is 258 Å². The summed E-state index contributed by atoms with van der Waals surface area (Å²) in [6.07, 6.45) is 8.19. The molecule has 2 aliphatic rings. The minimum absolute atomic E-state index is 0.109. The Morgan fingerprint density at radius 3 is 2.27 bits per heavy atom.